The molecule has 37 heavy (non-hydrogen) atoms. The van der Waals surface area contributed by atoms with Crippen LogP contribution >= 0.6 is 17.2 Å². The third kappa shape index (κ3) is 6.26. The highest BCUT2D eigenvalue weighted by Crippen LogP contribution is 2.46. The Hall–Kier alpha value is -2.66. The van der Waals surface area contributed by atoms with E-state index >= 15 is 0 Å². The Morgan fingerprint density at radius 1 is 0.595 bits per heavy atom. The number of rotatable bonds is 8. The summed E-state index contributed by atoms with van der Waals surface area (Å²) in [7, 11) is 4.59. The highest BCUT2D eigenvalue weighted by atomic mass is 31.1. The van der Waals surface area contributed by atoms with Gasteiger partial charge >= 0.3 is 0 Å². The molecule has 0 aromatic heterocycles. The number of aryl methyl sites for hydroxylation is 4. The fourth-order valence-corrected chi connectivity index (χ4v) is 8.05. The van der Waals surface area contributed by atoms with Gasteiger partial charge in [0.25, 0.3) is 0 Å². The van der Waals surface area contributed by atoms with Crippen molar-refractivity contribution in [3.63, 3.8) is 0 Å². The van der Waals surface area contributed by atoms with Crippen molar-refractivity contribution in [3.05, 3.63) is 101 Å². The van der Waals surface area contributed by atoms with Crippen LogP contribution in [-0.4, -0.2) is 14.2 Å². The highest BCUT2D eigenvalue weighted by Gasteiger charge is 2.26. The molecule has 0 amide bonds. The van der Waals surface area contributed by atoms with Crippen LogP contribution < -0.4 is 25.4 Å². The van der Waals surface area contributed by atoms with Crippen LogP contribution in [0.1, 0.15) is 41.7 Å². The average Bonchev–Trinajstić information content (AvgIpc) is 2.82. The van der Waals surface area contributed by atoms with E-state index in [1.165, 1.54) is 43.7 Å². The summed E-state index contributed by atoms with van der Waals surface area (Å²) in [6.07, 6.45) is 0. The topological polar surface area (TPSA) is 18.5 Å². The summed E-state index contributed by atoms with van der Waals surface area (Å²) in [5.41, 5.74) is 8.85. The van der Waals surface area contributed by atoms with E-state index in [1.807, 2.05) is 0 Å². The first-order chi connectivity index (χ1) is 17.6. The van der Waals surface area contributed by atoms with Crippen LogP contribution in [-0.2, 0) is 5.16 Å². The van der Waals surface area contributed by atoms with Gasteiger partial charge in [0.05, 0.1) is 14.2 Å². The van der Waals surface area contributed by atoms with E-state index in [4.69, 9.17) is 9.47 Å². The zero-order valence-electron chi connectivity index (χ0n) is 23.2. The summed E-state index contributed by atoms with van der Waals surface area (Å²) in [6, 6.07) is 26.6. The normalized spacial score (nSPS) is 12.1. The molecule has 4 heteroatoms. The molecule has 2 nitrogen and oxygen atoms in total. The lowest BCUT2D eigenvalue weighted by Gasteiger charge is -2.29. The van der Waals surface area contributed by atoms with Crippen LogP contribution in [0.2, 0.25) is 0 Å². The summed E-state index contributed by atoms with van der Waals surface area (Å²) in [4.78, 5) is 0. The fraction of sp³-hybridized carbons (Fsp3) is 0.273. The lowest BCUT2D eigenvalue weighted by molar-refractivity contribution is 0.411. The van der Waals surface area contributed by atoms with Crippen molar-refractivity contribution >= 4 is 33.1 Å². The second kappa shape index (κ2) is 11.4. The highest BCUT2D eigenvalue weighted by molar-refractivity contribution is 7.56. The Morgan fingerprint density at radius 3 is 1.57 bits per heavy atom. The second-order valence-corrected chi connectivity index (χ2v) is 13.8. The van der Waals surface area contributed by atoms with Crippen molar-refractivity contribution in [1.82, 2.24) is 0 Å². The molecule has 2 unspecified atom stereocenters. The third-order valence-electron chi connectivity index (χ3n) is 6.63. The minimum Gasteiger partial charge on any atom is -0.496 e. The van der Waals surface area contributed by atoms with Gasteiger partial charge in [-0.1, -0.05) is 114 Å². The van der Waals surface area contributed by atoms with Crippen LogP contribution in [0.3, 0.4) is 0 Å². The SMILES string of the molecule is COc1cccc(Pc2cc(C)cc(C)c2)c1-c1c(OC)cccc1PC(C)(C)c1cc(C)cc(C)c1. The van der Waals surface area contributed by atoms with Gasteiger partial charge in [0.2, 0.25) is 0 Å². The molecule has 0 aliphatic heterocycles. The zero-order valence-corrected chi connectivity index (χ0v) is 25.2. The smallest absolute Gasteiger partial charge is 0.127 e. The monoisotopic (exact) mass is 528 g/mol. The Labute approximate surface area is 226 Å². The van der Waals surface area contributed by atoms with Gasteiger partial charge in [-0.15, -0.1) is 0 Å². The minimum atomic E-state index is -0.0317. The van der Waals surface area contributed by atoms with E-state index in [0.717, 1.165) is 22.6 Å². The number of hydrogen-bond donors (Lipinski definition) is 0. The van der Waals surface area contributed by atoms with Crippen LogP contribution in [0, 0.1) is 27.7 Å². The first-order valence-corrected chi connectivity index (χ1v) is 14.7. The minimum absolute atomic E-state index is 0.0317. The predicted octanol–water partition coefficient (Wildman–Crippen LogP) is 7.47. The van der Waals surface area contributed by atoms with E-state index in [0.29, 0.717) is 17.2 Å². The molecule has 0 radical (unpaired) electrons. The molecule has 0 saturated carbocycles. The molecule has 2 atom stereocenters. The van der Waals surface area contributed by atoms with Crippen molar-refractivity contribution < 1.29 is 9.47 Å². The number of ether oxygens (including phenoxy) is 2. The van der Waals surface area contributed by atoms with Crippen molar-refractivity contribution in [2.45, 2.75) is 46.7 Å². The first kappa shape index (κ1) is 27.4. The molecule has 0 N–H and O–H groups in total. The maximum atomic E-state index is 5.99. The second-order valence-electron chi connectivity index (χ2n) is 10.4. The Morgan fingerprint density at radius 2 is 1.05 bits per heavy atom. The average molecular weight is 529 g/mol. The van der Waals surface area contributed by atoms with Gasteiger partial charge in [-0.05, 0) is 61.3 Å². The van der Waals surface area contributed by atoms with Crippen LogP contribution in [0.5, 0.6) is 11.5 Å². The molecule has 0 bridgehead atoms. The molecule has 4 aromatic rings. The van der Waals surface area contributed by atoms with Gasteiger partial charge in [0, 0.05) is 16.3 Å². The van der Waals surface area contributed by atoms with E-state index in [2.05, 4.69) is 114 Å². The standard InChI is InChI=1S/C33H38O2P2/c1-21-15-22(2)18-25(17-21)33(5,6)37-30-14-10-12-28(35-8)32(30)31-27(34-7)11-9-13-29(31)36-26-19-23(3)16-24(4)20-26/h9-20,36-37H,1-8H3. The van der Waals surface area contributed by atoms with Gasteiger partial charge in [-0.2, -0.15) is 0 Å². The molecule has 4 rings (SSSR count). The number of methoxy groups -OCH3 is 2. The van der Waals surface area contributed by atoms with Crippen LogP contribution in [0.4, 0.5) is 0 Å². The Bertz CT molecular complexity index is 1380. The maximum Gasteiger partial charge on any atom is 0.127 e. The molecular formula is C33H38O2P2. The zero-order chi connectivity index (χ0) is 26.7. The molecule has 0 spiro atoms. The van der Waals surface area contributed by atoms with Crippen LogP contribution in [0.15, 0.2) is 72.8 Å². The van der Waals surface area contributed by atoms with Crippen molar-refractivity contribution in [2.75, 3.05) is 14.2 Å². The molecular weight excluding hydrogens is 490 g/mol. The molecule has 192 valence electrons. The van der Waals surface area contributed by atoms with Gasteiger partial charge < -0.3 is 9.47 Å². The molecule has 0 fully saturated rings. The molecule has 4 aromatic carbocycles. The summed E-state index contributed by atoms with van der Waals surface area (Å²) in [6.45, 7) is 13.4. The van der Waals surface area contributed by atoms with E-state index in [1.54, 1.807) is 14.2 Å². The van der Waals surface area contributed by atoms with Gasteiger partial charge in [-0.3, -0.25) is 0 Å². The summed E-state index contributed by atoms with van der Waals surface area (Å²) >= 11 is 0. The van der Waals surface area contributed by atoms with Crippen molar-refractivity contribution in [2.24, 2.45) is 0 Å². The largest absolute Gasteiger partial charge is 0.496 e. The van der Waals surface area contributed by atoms with E-state index in [-0.39, 0.29) is 5.16 Å². The van der Waals surface area contributed by atoms with Gasteiger partial charge in [0.15, 0.2) is 0 Å². The van der Waals surface area contributed by atoms with Crippen LogP contribution in [0.25, 0.3) is 11.1 Å². The first-order valence-electron chi connectivity index (χ1n) is 12.7. The van der Waals surface area contributed by atoms with Crippen molar-refractivity contribution in [3.8, 4) is 22.6 Å². The lowest BCUT2D eigenvalue weighted by atomic mass is 9.98. The van der Waals surface area contributed by atoms with Crippen molar-refractivity contribution in [1.29, 1.82) is 0 Å². The Kier molecular flexibility index (Phi) is 8.42. The molecule has 0 saturated heterocycles. The van der Waals surface area contributed by atoms with E-state index < -0.39 is 0 Å². The van der Waals surface area contributed by atoms with Gasteiger partial charge in [0.1, 0.15) is 11.5 Å². The number of hydrogen-bond acceptors (Lipinski definition) is 2. The third-order valence-corrected chi connectivity index (χ3v) is 9.50. The molecule has 0 aliphatic rings. The Balaban J connectivity index is 1.88. The molecule has 0 heterocycles. The fourth-order valence-electron chi connectivity index (χ4n) is 5.07. The summed E-state index contributed by atoms with van der Waals surface area (Å²) in [5, 5.41) is 3.86. The number of benzene rings is 4. The lowest BCUT2D eigenvalue weighted by Crippen LogP contribution is -2.19. The maximum absolute atomic E-state index is 5.99. The quantitative estimate of drug-likeness (QED) is 0.221. The summed E-state index contributed by atoms with van der Waals surface area (Å²) < 4.78 is 12.0. The summed E-state index contributed by atoms with van der Waals surface area (Å²) in [5.74, 6) is 1.77. The molecule has 0 aliphatic carbocycles. The predicted molar refractivity (Wildman–Crippen MR) is 165 cm³/mol. The van der Waals surface area contributed by atoms with E-state index in [9.17, 15) is 0 Å². The van der Waals surface area contributed by atoms with Gasteiger partial charge in [-0.25, -0.2) is 0 Å².